The predicted molar refractivity (Wildman–Crippen MR) is 111 cm³/mol. The minimum atomic E-state index is -2.92. The number of halogens is 4. The van der Waals surface area contributed by atoms with Crippen LogP contribution in [0.1, 0.15) is 18.2 Å². The highest BCUT2D eigenvalue weighted by Crippen LogP contribution is 2.39. The van der Waals surface area contributed by atoms with Gasteiger partial charge in [-0.05, 0) is 6.07 Å². The van der Waals surface area contributed by atoms with Gasteiger partial charge in [0.05, 0.1) is 23.5 Å². The maximum absolute atomic E-state index is 14.7. The number of nitrogens with one attached hydrogen (secondary N) is 1. The molecule has 0 saturated carbocycles. The van der Waals surface area contributed by atoms with E-state index < -0.39 is 35.5 Å². The van der Waals surface area contributed by atoms with Crippen LogP contribution < -0.4 is 9.62 Å². The zero-order chi connectivity index (χ0) is 22.3. The molecule has 3 atom stereocenters. The molecule has 3 unspecified atom stereocenters. The molecule has 4 heterocycles. The Balaban J connectivity index is 1.62. The molecule has 4 rings (SSSR count). The summed E-state index contributed by atoms with van der Waals surface area (Å²) in [5, 5.41) is 0. The van der Waals surface area contributed by atoms with Crippen molar-refractivity contribution >= 4 is 33.5 Å². The fourth-order valence-electron chi connectivity index (χ4n) is 3.64. The summed E-state index contributed by atoms with van der Waals surface area (Å²) >= 11 is -0.514. The topological polar surface area (TPSA) is 81.4 Å². The van der Waals surface area contributed by atoms with Gasteiger partial charge in [0.25, 0.3) is 12.3 Å². The van der Waals surface area contributed by atoms with E-state index in [9.17, 15) is 22.1 Å². The molecule has 0 aliphatic carbocycles. The molecule has 0 aromatic carbocycles. The molecule has 0 amide bonds. The molecule has 31 heavy (non-hydrogen) atoms. The third-order valence-corrected chi connectivity index (χ3v) is 6.88. The number of hydrogen-bond acceptors (Lipinski definition) is 7. The number of piperidine rings is 1. The molecule has 13 heteroatoms. The van der Waals surface area contributed by atoms with Crippen LogP contribution in [0.5, 0.6) is 0 Å². The van der Waals surface area contributed by atoms with E-state index in [4.69, 9.17) is 0 Å². The SMILES string of the molecule is CC1CN(c2ccnc(-c3cnc4sc(C(F)F)cn34)n2)CC(CN[S+](C)[O-])C1(F)F. The molecule has 1 aliphatic rings. The number of rotatable bonds is 6. The predicted octanol–water partition coefficient (Wildman–Crippen LogP) is 3.38. The standard InChI is InChI=1S/C18H20F4N6OS2/c1-10-7-27(8-11(18(10,21)22)5-25-31(2)29)14-3-4-23-16(26-14)12-6-24-17-28(12)9-13(30-17)15(19)20/h3-4,6,9-11,15,25H,5,7-8H2,1-2H3. The van der Waals surface area contributed by atoms with Crippen molar-refractivity contribution < 1.29 is 22.1 Å². The Morgan fingerprint density at radius 3 is 2.84 bits per heavy atom. The van der Waals surface area contributed by atoms with E-state index in [1.807, 2.05) is 0 Å². The lowest BCUT2D eigenvalue weighted by Gasteiger charge is -2.42. The number of thiazole rings is 1. The van der Waals surface area contributed by atoms with E-state index in [1.165, 1.54) is 36.2 Å². The lowest BCUT2D eigenvalue weighted by Crippen LogP contribution is -2.56. The smallest absolute Gasteiger partial charge is 0.274 e. The highest BCUT2D eigenvalue weighted by atomic mass is 32.2. The molecular formula is C18H20F4N6OS2. The Labute approximate surface area is 182 Å². The Morgan fingerprint density at radius 1 is 1.35 bits per heavy atom. The minimum absolute atomic E-state index is 0.0216. The lowest BCUT2D eigenvalue weighted by molar-refractivity contribution is -0.108. The van der Waals surface area contributed by atoms with E-state index in [1.54, 1.807) is 11.0 Å². The summed E-state index contributed by atoms with van der Waals surface area (Å²) < 4.78 is 70.8. The first-order valence-electron chi connectivity index (χ1n) is 9.45. The molecule has 3 aromatic heterocycles. The molecule has 168 valence electrons. The van der Waals surface area contributed by atoms with Crippen molar-refractivity contribution in [1.29, 1.82) is 0 Å². The Morgan fingerprint density at radius 2 is 2.13 bits per heavy atom. The third-order valence-electron chi connectivity index (χ3n) is 5.31. The first kappa shape index (κ1) is 22.2. The average molecular weight is 477 g/mol. The fraction of sp³-hybridized carbons (Fsp3) is 0.500. The summed E-state index contributed by atoms with van der Waals surface area (Å²) in [5.74, 6) is -4.19. The molecule has 0 radical (unpaired) electrons. The van der Waals surface area contributed by atoms with Crippen molar-refractivity contribution in [2.75, 3.05) is 30.8 Å². The van der Waals surface area contributed by atoms with Gasteiger partial charge in [-0.15, -0.1) is 4.72 Å². The van der Waals surface area contributed by atoms with Crippen LogP contribution in [-0.4, -0.2) is 55.7 Å². The van der Waals surface area contributed by atoms with E-state index in [0.717, 1.165) is 11.3 Å². The number of hydrogen-bond donors (Lipinski definition) is 1. The summed E-state index contributed by atoms with van der Waals surface area (Å²) in [4.78, 5) is 14.9. The molecule has 1 N–H and O–H groups in total. The van der Waals surface area contributed by atoms with Crippen LogP contribution in [0.25, 0.3) is 16.5 Å². The summed E-state index contributed by atoms with van der Waals surface area (Å²) in [6, 6.07) is 1.62. The Hall–Kier alpha value is -1.96. The number of anilines is 1. The number of aromatic nitrogens is 4. The second-order valence-electron chi connectivity index (χ2n) is 7.45. The van der Waals surface area contributed by atoms with Crippen LogP contribution in [0, 0.1) is 11.8 Å². The van der Waals surface area contributed by atoms with Gasteiger partial charge in [0.15, 0.2) is 10.8 Å². The largest absolute Gasteiger partial charge is 0.598 e. The third kappa shape index (κ3) is 4.36. The molecule has 3 aromatic rings. The normalized spacial score (nSPS) is 22.4. The van der Waals surface area contributed by atoms with Gasteiger partial charge in [0.2, 0.25) is 0 Å². The van der Waals surface area contributed by atoms with Crippen LogP contribution in [0.4, 0.5) is 23.4 Å². The summed E-state index contributed by atoms with van der Waals surface area (Å²) in [5.41, 5.74) is 0.440. The van der Waals surface area contributed by atoms with Crippen LogP contribution in [0.15, 0.2) is 24.7 Å². The van der Waals surface area contributed by atoms with Crippen LogP contribution in [0.2, 0.25) is 0 Å². The lowest BCUT2D eigenvalue weighted by atomic mass is 9.86. The van der Waals surface area contributed by atoms with Crippen molar-refractivity contribution in [2.24, 2.45) is 11.8 Å². The maximum Gasteiger partial charge on any atom is 0.274 e. The molecule has 0 bridgehead atoms. The van der Waals surface area contributed by atoms with Gasteiger partial charge in [-0.3, -0.25) is 4.40 Å². The zero-order valence-corrected chi connectivity index (χ0v) is 18.3. The van der Waals surface area contributed by atoms with Gasteiger partial charge in [-0.1, -0.05) is 18.3 Å². The van der Waals surface area contributed by atoms with Gasteiger partial charge in [-0.25, -0.2) is 32.5 Å². The number of nitrogens with zero attached hydrogens (tertiary/aromatic N) is 5. The first-order valence-corrected chi connectivity index (χ1v) is 11.8. The second kappa shape index (κ2) is 8.52. The molecule has 1 aliphatic heterocycles. The number of alkyl halides is 4. The maximum atomic E-state index is 14.7. The second-order valence-corrected chi connectivity index (χ2v) is 9.69. The molecular weight excluding hydrogens is 456 g/mol. The molecule has 0 spiro atoms. The Kier molecular flexibility index (Phi) is 6.12. The fourth-order valence-corrected chi connectivity index (χ4v) is 4.89. The van der Waals surface area contributed by atoms with Crippen LogP contribution in [0.3, 0.4) is 0 Å². The van der Waals surface area contributed by atoms with Gasteiger partial charge in [0.1, 0.15) is 17.8 Å². The molecule has 1 saturated heterocycles. The quantitative estimate of drug-likeness (QED) is 0.434. The highest BCUT2D eigenvalue weighted by Gasteiger charge is 2.49. The average Bonchev–Trinajstić information content (AvgIpc) is 3.30. The minimum Gasteiger partial charge on any atom is -0.598 e. The van der Waals surface area contributed by atoms with Crippen molar-refractivity contribution in [3.8, 4) is 11.5 Å². The summed E-state index contributed by atoms with van der Waals surface area (Å²) in [7, 11) is 0. The monoisotopic (exact) mass is 476 g/mol. The number of fused-ring (bicyclic) bond motifs is 1. The van der Waals surface area contributed by atoms with E-state index in [2.05, 4.69) is 19.7 Å². The first-order chi connectivity index (χ1) is 14.7. The van der Waals surface area contributed by atoms with E-state index >= 15 is 0 Å². The highest BCUT2D eigenvalue weighted by molar-refractivity contribution is 7.88. The Bertz CT molecular complexity index is 1060. The molecule has 7 nitrogen and oxygen atoms in total. The van der Waals surface area contributed by atoms with E-state index in [-0.39, 0.29) is 30.3 Å². The van der Waals surface area contributed by atoms with Crippen LogP contribution in [-0.2, 0) is 11.4 Å². The van der Waals surface area contributed by atoms with Crippen LogP contribution >= 0.6 is 11.3 Å². The van der Waals surface area contributed by atoms with E-state index in [0.29, 0.717) is 16.5 Å². The van der Waals surface area contributed by atoms with Gasteiger partial charge < -0.3 is 9.45 Å². The van der Waals surface area contributed by atoms with Crippen molar-refractivity contribution in [3.63, 3.8) is 0 Å². The van der Waals surface area contributed by atoms with Crippen molar-refractivity contribution in [1.82, 2.24) is 24.1 Å². The van der Waals surface area contributed by atoms with Gasteiger partial charge in [-0.2, -0.15) is 0 Å². The number of imidazole rings is 1. The van der Waals surface area contributed by atoms with Gasteiger partial charge >= 0.3 is 0 Å². The zero-order valence-electron chi connectivity index (χ0n) is 16.6. The summed E-state index contributed by atoms with van der Waals surface area (Å²) in [6.45, 7) is 1.49. The van der Waals surface area contributed by atoms with Crippen molar-refractivity contribution in [2.45, 2.75) is 19.3 Å². The van der Waals surface area contributed by atoms with Gasteiger partial charge in [0, 0.05) is 42.8 Å². The molecule has 1 fully saturated rings. The van der Waals surface area contributed by atoms with Crippen molar-refractivity contribution in [3.05, 3.63) is 29.5 Å². The summed E-state index contributed by atoms with van der Waals surface area (Å²) in [6.07, 6.45) is 3.10.